The second kappa shape index (κ2) is 8.14. The number of carbonyl (C=O) groups excluding carboxylic acids is 1. The summed E-state index contributed by atoms with van der Waals surface area (Å²) in [6.45, 7) is 6.74. The van der Waals surface area contributed by atoms with Crippen molar-refractivity contribution in [1.29, 1.82) is 0 Å². The number of ether oxygens (including phenoxy) is 1. The van der Waals surface area contributed by atoms with Crippen LogP contribution in [0.4, 0.5) is 0 Å². The minimum Gasteiger partial charge on any atom is -0.462 e. The molecule has 22 heavy (non-hydrogen) atoms. The van der Waals surface area contributed by atoms with Gasteiger partial charge in [-0.3, -0.25) is 4.79 Å². The maximum Gasteiger partial charge on any atom is 0.306 e. The third-order valence-electron chi connectivity index (χ3n) is 4.78. The van der Waals surface area contributed by atoms with Crippen LogP contribution >= 0.6 is 15.9 Å². The number of hydrogen-bond donors (Lipinski definition) is 0. The molecule has 3 atom stereocenters. The van der Waals surface area contributed by atoms with Gasteiger partial charge in [-0.05, 0) is 54.7 Å². The van der Waals surface area contributed by atoms with Crippen LogP contribution in [-0.2, 0) is 16.0 Å². The van der Waals surface area contributed by atoms with Gasteiger partial charge in [0.1, 0.15) is 6.10 Å². The Hall–Kier alpha value is -0.830. The summed E-state index contributed by atoms with van der Waals surface area (Å²) in [5.41, 5.74) is 1.18. The molecule has 1 aliphatic carbocycles. The molecule has 1 saturated carbocycles. The molecule has 0 heterocycles. The summed E-state index contributed by atoms with van der Waals surface area (Å²) in [6, 6.07) is 8.13. The van der Waals surface area contributed by atoms with Crippen molar-refractivity contribution in [2.75, 3.05) is 0 Å². The number of aryl methyl sites for hydroxylation is 1. The highest BCUT2D eigenvalue weighted by Gasteiger charge is 2.33. The Morgan fingerprint density at radius 1 is 1.27 bits per heavy atom. The normalized spacial score (nSPS) is 25.2. The first-order valence-electron chi connectivity index (χ1n) is 8.39. The van der Waals surface area contributed by atoms with Crippen molar-refractivity contribution >= 4 is 21.9 Å². The standard InChI is InChI=1S/C19H27BrO2/c1-13(2)17-10-4-14(3)12-18(17)22-19(21)11-7-15-5-8-16(20)9-6-15/h5-6,8-9,13-14,17-18H,4,7,10-12H2,1-3H3/t14-,17+,18-/m1/s1. The van der Waals surface area contributed by atoms with Crippen molar-refractivity contribution in [3.63, 3.8) is 0 Å². The van der Waals surface area contributed by atoms with Gasteiger partial charge in [0.25, 0.3) is 0 Å². The molecule has 2 rings (SSSR count). The van der Waals surface area contributed by atoms with E-state index in [4.69, 9.17) is 4.74 Å². The zero-order valence-electron chi connectivity index (χ0n) is 13.8. The van der Waals surface area contributed by atoms with E-state index in [1.165, 1.54) is 18.4 Å². The molecule has 0 unspecified atom stereocenters. The van der Waals surface area contributed by atoms with Crippen molar-refractivity contribution in [3.05, 3.63) is 34.3 Å². The summed E-state index contributed by atoms with van der Waals surface area (Å²) >= 11 is 3.43. The first kappa shape index (κ1) is 17.5. The zero-order chi connectivity index (χ0) is 16.1. The number of carbonyl (C=O) groups is 1. The largest absolute Gasteiger partial charge is 0.462 e. The van der Waals surface area contributed by atoms with Gasteiger partial charge in [0.15, 0.2) is 0 Å². The van der Waals surface area contributed by atoms with Gasteiger partial charge in [-0.1, -0.05) is 55.3 Å². The Bertz CT molecular complexity index is 481. The van der Waals surface area contributed by atoms with E-state index in [0.717, 1.165) is 17.3 Å². The summed E-state index contributed by atoms with van der Waals surface area (Å²) in [5.74, 6) is 1.72. The molecule has 0 N–H and O–H groups in total. The lowest BCUT2D eigenvalue weighted by Gasteiger charge is -2.36. The van der Waals surface area contributed by atoms with Crippen LogP contribution in [-0.4, -0.2) is 12.1 Å². The molecule has 0 aromatic heterocycles. The predicted octanol–water partition coefficient (Wildman–Crippen LogP) is 5.39. The lowest BCUT2D eigenvalue weighted by molar-refractivity contribution is -0.155. The predicted molar refractivity (Wildman–Crippen MR) is 93.7 cm³/mol. The number of esters is 1. The van der Waals surface area contributed by atoms with Crippen LogP contribution in [0, 0.1) is 17.8 Å². The quantitative estimate of drug-likeness (QED) is 0.653. The van der Waals surface area contributed by atoms with E-state index >= 15 is 0 Å². The van der Waals surface area contributed by atoms with Gasteiger partial charge in [0.2, 0.25) is 0 Å². The maximum absolute atomic E-state index is 12.2. The topological polar surface area (TPSA) is 26.3 Å². The van der Waals surface area contributed by atoms with E-state index in [1.54, 1.807) is 0 Å². The van der Waals surface area contributed by atoms with Gasteiger partial charge < -0.3 is 4.74 Å². The van der Waals surface area contributed by atoms with Crippen molar-refractivity contribution in [3.8, 4) is 0 Å². The summed E-state index contributed by atoms with van der Waals surface area (Å²) in [5, 5.41) is 0. The molecule has 1 aliphatic rings. The maximum atomic E-state index is 12.2. The first-order chi connectivity index (χ1) is 10.5. The molecule has 0 aliphatic heterocycles. The molecule has 0 radical (unpaired) electrons. The van der Waals surface area contributed by atoms with E-state index in [-0.39, 0.29) is 12.1 Å². The average molecular weight is 367 g/mol. The summed E-state index contributed by atoms with van der Waals surface area (Å²) in [6.07, 6.45) is 4.80. The molecular weight excluding hydrogens is 340 g/mol. The van der Waals surface area contributed by atoms with Gasteiger partial charge in [-0.2, -0.15) is 0 Å². The fraction of sp³-hybridized carbons (Fsp3) is 0.632. The summed E-state index contributed by atoms with van der Waals surface area (Å²) < 4.78 is 6.90. The fourth-order valence-electron chi connectivity index (χ4n) is 3.38. The summed E-state index contributed by atoms with van der Waals surface area (Å²) in [7, 11) is 0. The van der Waals surface area contributed by atoms with Crippen LogP contribution in [0.5, 0.6) is 0 Å². The minimum absolute atomic E-state index is 0.0485. The molecule has 0 bridgehead atoms. The molecule has 122 valence electrons. The second-order valence-electron chi connectivity index (χ2n) is 6.98. The van der Waals surface area contributed by atoms with Gasteiger partial charge in [0.05, 0.1) is 0 Å². The molecular formula is C19H27BrO2. The summed E-state index contributed by atoms with van der Waals surface area (Å²) in [4.78, 5) is 12.2. The van der Waals surface area contributed by atoms with Crippen molar-refractivity contribution < 1.29 is 9.53 Å². The van der Waals surface area contributed by atoms with E-state index in [2.05, 4.69) is 48.8 Å². The molecule has 0 saturated heterocycles. The van der Waals surface area contributed by atoms with Crippen molar-refractivity contribution in [2.45, 2.75) is 59.0 Å². The van der Waals surface area contributed by atoms with Crippen LogP contribution in [0.15, 0.2) is 28.7 Å². The Balaban J connectivity index is 1.85. The lowest BCUT2D eigenvalue weighted by Crippen LogP contribution is -2.35. The van der Waals surface area contributed by atoms with Crippen LogP contribution in [0.1, 0.15) is 52.0 Å². The number of benzene rings is 1. The van der Waals surface area contributed by atoms with Crippen LogP contribution in [0.25, 0.3) is 0 Å². The van der Waals surface area contributed by atoms with Crippen LogP contribution < -0.4 is 0 Å². The molecule has 1 fully saturated rings. The van der Waals surface area contributed by atoms with Crippen LogP contribution in [0.2, 0.25) is 0 Å². The molecule has 0 spiro atoms. The van der Waals surface area contributed by atoms with E-state index in [9.17, 15) is 4.79 Å². The Kier molecular flexibility index (Phi) is 6.49. The highest BCUT2D eigenvalue weighted by molar-refractivity contribution is 9.10. The smallest absolute Gasteiger partial charge is 0.306 e. The number of halogens is 1. The number of rotatable bonds is 5. The van der Waals surface area contributed by atoms with E-state index in [1.807, 2.05) is 12.1 Å². The van der Waals surface area contributed by atoms with Crippen molar-refractivity contribution in [2.24, 2.45) is 17.8 Å². The SMILES string of the molecule is CC(C)[C@@H]1CC[C@@H](C)C[C@H]1OC(=O)CCc1ccc(Br)cc1. The molecule has 2 nitrogen and oxygen atoms in total. The monoisotopic (exact) mass is 366 g/mol. The Morgan fingerprint density at radius 3 is 2.59 bits per heavy atom. The van der Waals surface area contributed by atoms with Gasteiger partial charge in [0, 0.05) is 10.9 Å². The molecule has 1 aromatic carbocycles. The van der Waals surface area contributed by atoms with Gasteiger partial charge in [-0.15, -0.1) is 0 Å². The fourth-order valence-corrected chi connectivity index (χ4v) is 3.64. The first-order valence-corrected chi connectivity index (χ1v) is 9.19. The second-order valence-corrected chi connectivity index (χ2v) is 7.90. The van der Waals surface area contributed by atoms with E-state index in [0.29, 0.717) is 24.2 Å². The Morgan fingerprint density at radius 2 is 1.95 bits per heavy atom. The van der Waals surface area contributed by atoms with Gasteiger partial charge >= 0.3 is 5.97 Å². The number of hydrogen-bond acceptors (Lipinski definition) is 2. The molecule has 3 heteroatoms. The lowest BCUT2D eigenvalue weighted by atomic mass is 9.75. The average Bonchev–Trinajstić information content (AvgIpc) is 2.46. The third kappa shape index (κ3) is 5.12. The minimum atomic E-state index is -0.0485. The van der Waals surface area contributed by atoms with E-state index < -0.39 is 0 Å². The van der Waals surface area contributed by atoms with Gasteiger partial charge in [-0.25, -0.2) is 0 Å². The molecule has 0 amide bonds. The van der Waals surface area contributed by atoms with Crippen molar-refractivity contribution in [1.82, 2.24) is 0 Å². The van der Waals surface area contributed by atoms with Crippen LogP contribution in [0.3, 0.4) is 0 Å². The molecule has 1 aromatic rings. The zero-order valence-corrected chi connectivity index (χ0v) is 15.4. The third-order valence-corrected chi connectivity index (χ3v) is 5.30. The Labute approximate surface area is 142 Å². The highest BCUT2D eigenvalue weighted by Crippen LogP contribution is 2.35. The highest BCUT2D eigenvalue weighted by atomic mass is 79.9.